The molecule has 0 radical (unpaired) electrons. The molecule has 0 fully saturated rings. The monoisotopic (exact) mass is 399 g/mol. The minimum Gasteiger partial charge on any atom is -0.493 e. The SMILES string of the molecule is COc1cc(C(=O)Nc2nnc([C@@H](C)c3ccccc3)s2)cc(OC)c1OC. The molecule has 1 heterocycles. The molecule has 0 bridgehead atoms. The van der Waals surface area contributed by atoms with Crippen molar-refractivity contribution in [1.29, 1.82) is 0 Å². The maximum Gasteiger partial charge on any atom is 0.257 e. The summed E-state index contributed by atoms with van der Waals surface area (Å²) in [5, 5.41) is 12.3. The van der Waals surface area contributed by atoms with Gasteiger partial charge in [0.25, 0.3) is 5.91 Å². The van der Waals surface area contributed by atoms with Gasteiger partial charge in [0.2, 0.25) is 10.9 Å². The second kappa shape index (κ2) is 8.71. The Bertz CT molecular complexity index is 934. The number of amides is 1. The lowest BCUT2D eigenvalue weighted by Gasteiger charge is -2.13. The summed E-state index contributed by atoms with van der Waals surface area (Å²) < 4.78 is 15.9. The highest BCUT2D eigenvalue weighted by Crippen LogP contribution is 2.38. The molecular weight excluding hydrogens is 378 g/mol. The second-order valence-electron chi connectivity index (χ2n) is 5.95. The van der Waals surface area contributed by atoms with E-state index in [4.69, 9.17) is 14.2 Å². The van der Waals surface area contributed by atoms with Crippen LogP contribution in [0.2, 0.25) is 0 Å². The van der Waals surface area contributed by atoms with Gasteiger partial charge in [0.1, 0.15) is 5.01 Å². The van der Waals surface area contributed by atoms with E-state index in [1.54, 1.807) is 12.1 Å². The molecule has 3 rings (SSSR count). The molecule has 146 valence electrons. The second-order valence-corrected chi connectivity index (χ2v) is 6.96. The molecule has 2 aromatic carbocycles. The quantitative estimate of drug-likeness (QED) is 0.647. The van der Waals surface area contributed by atoms with Crippen molar-refractivity contribution in [3.63, 3.8) is 0 Å². The Morgan fingerprint density at radius 3 is 2.21 bits per heavy atom. The Kier molecular flexibility index (Phi) is 6.10. The van der Waals surface area contributed by atoms with Crippen LogP contribution in [0, 0.1) is 0 Å². The van der Waals surface area contributed by atoms with Crippen molar-refractivity contribution < 1.29 is 19.0 Å². The lowest BCUT2D eigenvalue weighted by atomic mass is 10.0. The van der Waals surface area contributed by atoms with E-state index in [1.807, 2.05) is 30.3 Å². The van der Waals surface area contributed by atoms with E-state index in [2.05, 4.69) is 22.4 Å². The first kappa shape index (κ1) is 19.6. The van der Waals surface area contributed by atoms with Crippen LogP contribution in [0.4, 0.5) is 5.13 Å². The highest BCUT2D eigenvalue weighted by molar-refractivity contribution is 7.15. The van der Waals surface area contributed by atoms with Gasteiger partial charge in [-0.25, -0.2) is 0 Å². The fourth-order valence-corrected chi connectivity index (χ4v) is 3.54. The lowest BCUT2D eigenvalue weighted by molar-refractivity contribution is 0.102. The van der Waals surface area contributed by atoms with Crippen LogP contribution in [0.15, 0.2) is 42.5 Å². The minimum absolute atomic E-state index is 0.0885. The molecule has 8 heteroatoms. The number of ether oxygens (including phenoxy) is 3. The van der Waals surface area contributed by atoms with Crippen molar-refractivity contribution in [3.05, 3.63) is 58.6 Å². The van der Waals surface area contributed by atoms with E-state index in [-0.39, 0.29) is 11.8 Å². The molecule has 28 heavy (non-hydrogen) atoms. The van der Waals surface area contributed by atoms with Crippen molar-refractivity contribution in [2.45, 2.75) is 12.8 Å². The molecule has 1 amide bonds. The third kappa shape index (κ3) is 4.07. The maximum atomic E-state index is 12.7. The van der Waals surface area contributed by atoms with Crippen LogP contribution in [-0.4, -0.2) is 37.4 Å². The summed E-state index contributed by atoms with van der Waals surface area (Å²) in [6.45, 7) is 2.06. The van der Waals surface area contributed by atoms with E-state index >= 15 is 0 Å². The van der Waals surface area contributed by atoms with Crippen LogP contribution in [0.25, 0.3) is 0 Å². The standard InChI is InChI=1S/C20H21N3O4S/c1-12(13-8-6-5-7-9-13)19-22-23-20(28-19)21-18(24)14-10-15(25-2)17(27-4)16(11-14)26-3/h5-12H,1-4H3,(H,21,23,24)/t12-/m0/s1. The van der Waals surface area contributed by atoms with Crippen LogP contribution in [0.5, 0.6) is 17.2 Å². The van der Waals surface area contributed by atoms with Crippen molar-refractivity contribution in [2.75, 3.05) is 26.6 Å². The number of aromatic nitrogens is 2. The number of benzene rings is 2. The smallest absolute Gasteiger partial charge is 0.257 e. The number of carbonyl (C=O) groups is 1. The van der Waals surface area contributed by atoms with Crippen molar-refractivity contribution in [2.24, 2.45) is 0 Å². The fourth-order valence-electron chi connectivity index (χ4n) is 2.73. The Hall–Kier alpha value is -3.13. The number of carbonyl (C=O) groups excluding carboxylic acids is 1. The van der Waals surface area contributed by atoms with Gasteiger partial charge < -0.3 is 14.2 Å². The molecular formula is C20H21N3O4S. The summed E-state index contributed by atoms with van der Waals surface area (Å²) in [4.78, 5) is 12.7. The molecule has 0 aliphatic rings. The first-order valence-electron chi connectivity index (χ1n) is 8.57. The molecule has 1 atom stereocenters. The summed E-state index contributed by atoms with van der Waals surface area (Å²) in [7, 11) is 4.51. The van der Waals surface area contributed by atoms with Crippen LogP contribution in [0.3, 0.4) is 0 Å². The zero-order valence-electron chi connectivity index (χ0n) is 16.1. The Balaban J connectivity index is 1.80. The molecule has 0 aliphatic carbocycles. The third-order valence-electron chi connectivity index (χ3n) is 4.26. The van der Waals surface area contributed by atoms with Crippen LogP contribution in [-0.2, 0) is 0 Å². The fraction of sp³-hybridized carbons (Fsp3) is 0.250. The molecule has 0 saturated heterocycles. The molecule has 3 aromatic rings. The normalized spacial score (nSPS) is 11.6. The van der Waals surface area contributed by atoms with E-state index in [1.165, 1.54) is 32.7 Å². The van der Waals surface area contributed by atoms with Gasteiger partial charge in [0, 0.05) is 11.5 Å². The van der Waals surface area contributed by atoms with Gasteiger partial charge in [-0.3, -0.25) is 10.1 Å². The van der Waals surface area contributed by atoms with Gasteiger partial charge in [-0.05, 0) is 17.7 Å². The Labute approximate surface area is 167 Å². The third-order valence-corrected chi connectivity index (χ3v) is 5.28. The van der Waals surface area contributed by atoms with Gasteiger partial charge in [0.05, 0.1) is 21.3 Å². The Morgan fingerprint density at radius 2 is 1.64 bits per heavy atom. The number of hydrogen-bond donors (Lipinski definition) is 1. The number of methoxy groups -OCH3 is 3. The van der Waals surface area contributed by atoms with E-state index in [0.717, 1.165) is 10.6 Å². The van der Waals surface area contributed by atoms with Crippen molar-refractivity contribution in [3.8, 4) is 17.2 Å². The first-order valence-corrected chi connectivity index (χ1v) is 9.38. The van der Waals surface area contributed by atoms with Crippen molar-refractivity contribution in [1.82, 2.24) is 10.2 Å². The molecule has 7 nitrogen and oxygen atoms in total. The molecule has 0 aliphatic heterocycles. The lowest BCUT2D eigenvalue weighted by Crippen LogP contribution is -2.12. The zero-order valence-corrected chi connectivity index (χ0v) is 16.9. The summed E-state index contributed by atoms with van der Waals surface area (Å²) in [5.74, 6) is 0.988. The molecule has 0 saturated carbocycles. The molecule has 0 unspecified atom stereocenters. The van der Waals surface area contributed by atoms with Gasteiger partial charge in [-0.1, -0.05) is 48.6 Å². The Morgan fingerprint density at radius 1 is 1.00 bits per heavy atom. The topological polar surface area (TPSA) is 82.6 Å². The maximum absolute atomic E-state index is 12.7. The summed E-state index contributed by atoms with van der Waals surface area (Å²) in [6.07, 6.45) is 0. The predicted octanol–water partition coefficient (Wildman–Crippen LogP) is 3.97. The number of rotatable bonds is 7. The van der Waals surface area contributed by atoms with Crippen LogP contribution in [0.1, 0.15) is 33.8 Å². The molecule has 1 N–H and O–H groups in total. The van der Waals surface area contributed by atoms with E-state index in [9.17, 15) is 4.79 Å². The van der Waals surface area contributed by atoms with Crippen LogP contribution >= 0.6 is 11.3 Å². The zero-order chi connectivity index (χ0) is 20.1. The van der Waals surface area contributed by atoms with Gasteiger partial charge in [-0.2, -0.15) is 0 Å². The van der Waals surface area contributed by atoms with Gasteiger partial charge >= 0.3 is 0 Å². The largest absolute Gasteiger partial charge is 0.493 e. The summed E-state index contributed by atoms with van der Waals surface area (Å²) in [6, 6.07) is 13.2. The summed E-state index contributed by atoms with van der Waals surface area (Å²) >= 11 is 1.35. The average molecular weight is 399 g/mol. The number of nitrogens with one attached hydrogen (secondary N) is 1. The molecule has 0 spiro atoms. The first-order chi connectivity index (χ1) is 13.6. The number of nitrogens with zero attached hydrogens (tertiary/aromatic N) is 2. The minimum atomic E-state index is -0.339. The van der Waals surface area contributed by atoms with E-state index in [0.29, 0.717) is 27.9 Å². The number of hydrogen-bond acceptors (Lipinski definition) is 7. The predicted molar refractivity (Wildman–Crippen MR) is 108 cm³/mol. The highest BCUT2D eigenvalue weighted by atomic mass is 32.1. The van der Waals surface area contributed by atoms with Gasteiger partial charge in [0.15, 0.2) is 11.5 Å². The number of anilines is 1. The average Bonchev–Trinajstić information content (AvgIpc) is 3.20. The summed E-state index contributed by atoms with van der Waals surface area (Å²) in [5.41, 5.74) is 1.50. The van der Waals surface area contributed by atoms with E-state index < -0.39 is 0 Å². The highest BCUT2D eigenvalue weighted by Gasteiger charge is 2.19. The van der Waals surface area contributed by atoms with Crippen molar-refractivity contribution >= 4 is 22.4 Å². The van der Waals surface area contributed by atoms with Crippen LogP contribution < -0.4 is 19.5 Å². The molecule has 1 aromatic heterocycles. The van der Waals surface area contributed by atoms with Gasteiger partial charge in [-0.15, -0.1) is 10.2 Å².